The SMILES string of the molecule is C1=CC2Oc3cc(-c4ccccc4)cc(-c4c5ccccc5c(-c5ccc6ccccc6c5)c5ccccc45)c3C2C=C1. The summed E-state index contributed by atoms with van der Waals surface area (Å²) in [6.07, 6.45) is 8.77. The van der Waals surface area contributed by atoms with Gasteiger partial charge < -0.3 is 4.74 Å². The predicted octanol–water partition coefficient (Wildman–Crippen LogP) is 11.1. The van der Waals surface area contributed by atoms with Crippen LogP contribution in [0.1, 0.15) is 11.5 Å². The molecule has 43 heavy (non-hydrogen) atoms. The summed E-state index contributed by atoms with van der Waals surface area (Å²) in [4.78, 5) is 0. The molecule has 7 aromatic carbocycles. The molecule has 0 N–H and O–H groups in total. The average molecular weight is 549 g/mol. The van der Waals surface area contributed by atoms with Crippen LogP contribution in [-0.2, 0) is 0 Å². The Labute approximate surface area is 251 Å². The molecule has 1 nitrogen and oxygen atoms in total. The van der Waals surface area contributed by atoms with Crippen LogP contribution in [0.4, 0.5) is 0 Å². The molecule has 1 heterocycles. The zero-order valence-corrected chi connectivity index (χ0v) is 23.6. The van der Waals surface area contributed by atoms with Crippen molar-refractivity contribution < 1.29 is 4.74 Å². The highest BCUT2D eigenvalue weighted by Crippen LogP contribution is 2.52. The third-order valence-corrected chi connectivity index (χ3v) is 9.17. The highest BCUT2D eigenvalue weighted by atomic mass is 16.5. The summed E-state index contributed by atoms with van der Waals surface area (Å²) in [7, 11) is 0. The van der Waals surface area contributed by atoms with Crippen LogP contribution in [0, 0.1) is 0 Å². The smallest absolute Gasteiger partial charge is 0.128 e. The number of fused-ring (bicyclic) bond motifs is 6. The second-order valence-electron chi connectivity index (χ2n) is 11.6. The van der Waals surface area contributed by atoms with Crippen molar-refractivity contribution in [3.63, 3.8) is 0 Å². The summed E-state index contributed by atoms with van der Waals surface area (Å²) in [5.41, 5.74) is 8.69. The minimum Gasteiger partial charge on any atom is -0.485 e. The Morgan fingerprint density at radius 1 is 0.442 bits per heavy atom. The topological polar surface area (TPSA) is 9.23 Å². The van der Waals surface area contributed by atoms with E-state index in [1.807, 2.05) is 0 Å². The van der Waals surface area contributed by atoms with Gasteiger partial charge in [-0.1, -0.05) is 133 Å². The van der Waals surface area contributed by atoms with E-state index >= 15 is 0 Å². The molecule has 0 fully saturated rings. The van der Waals surface area contributed by atoms with E-state index in [4.69, 9.17) is 4.74 Å². The highest BCUT2D eigenvalue weighted by molar-refractivity contribution is 6.22. The largest absolute Gasteiger partial charge is 0.485 e. The van der Waals surface area contributed by atoms with Crippen LogP contribution in [0.25, 0.3) is 65.7 Å². The molecule has 1 aliphatic heterocycles. The number of benzene rings is 7. The van der Waals surface area contributed by atoms with Crippen LogP contribution in [-0.4, -0.2) is 6.10 Å². The number of hydrogen-bond donors (Lipinski definition) is 0. The molecule has 0 saturated carbocycles. The maximum Gasteiger partial charge on any atom is 0.128 e. The Morgan fingerprint density at radius 3 is 1.81 bits per heavy atom. The van der Waals surface area contributed by atoms with Crippen molar-refractivity contribution in [2.75, 3.05) is 0 Å². The van der Waals surface area contributed by atoms with Crippen LogP contribution in [0.3, 0.4) is 0 Å². The molecule has 9 rings (SSSR count). The molecule has 0 aromatic heterocycles. The lowest BCUT2D eigenvalue weighted by Gasteiger charge is -2.21. The van der Waals surface area contributed by atoms with Crippen LogP contribution in [0.2, 0.25) is 0 Å². The number of allylic oxidation sites excluding steroid dienone is 2. The van der Waals surface area contributed by atoms with Crippen molar-refractivity contribution in [2.45, 2.75) is 12.0 Å². The Balaban J connectivity index is 1.40. The van der Waals surface area contributed by atoms with E-state index in [9.17, 15) is 0 Å². The summed E-state index contributed by atoms with van der Waals surface area (Å²) in [6, 6.07) is 48.7. The van der Waals surface area contributed by atoms with Crippen molar-refractivity contribution in [1.82, 2.24) is 0 Å². The molecule has 7 aromatic rings. The van der Waals surface area contributed by atoms with Gasteiger partial charge in [-0.15, -0.1) is 0 Å². The second-order valence-corrected chi connectivity index (χ2v) is 11.6. The Kier molecular flexibility index (Phi) is 5.39. The Hall–Kier alpha value is -5.40. The Bertz CT molecular complexity index is 2210. The van der Waals surface area contributed by atoms with E-state index in [1.54, 1.807) is 0 Å². The average Bonchev–Trinajstić information content (AvgIpc) is 3.46. The minimum atomic E-state index is 0.0131. The van der Waals surface area contributed by atoms with E-state index in [2.05, 4.69) is 158 Å². The van der Waals surface area contributed by atoms with Gasteiger partial charge in [0.05, 0.1) is 0 Å². The molecule has 0 bridgehead atoms. The van der Waals surface area contributed by atoms with E-state index in [1.165, 1.54) is 71.3 Å². The molecule has 2 aliphatic rings. The predicted molar refractivity (Wildman–Crippen MR) is 181 cm³/mol. The van der Waals surface area contributed by atoms with Crippen LogP contribution in [0.15, 0.2) is 158 Å². The molecule has 0 saturated heterocycles. The molecule has 0 amide bonds. The maximum absolute atomic E-state index is 6.66. The number of ether oxygens (including phenoxy) is 1. The quantitative estimate of drug-likeness (QED) is 0.200. The van der Waals surface area contributed by atoms with Crippen molar-refractivity contribution >= 4 is 32.3 Å². The molecule has 202 valence electrons. The number of hydrogen-bond acceptors (Lipinski definition) is 1. The fourth-order valence-corrected chi connectivity index (χ4v) is 7.25. The van der Waals surface area contributed by atoms with E-state index in [0.29, 0.717) is 0 Å². The third-order valence-electron chi connectivity index (χ3n) is 9.17. The van der Waals surface area contributed by atoms with Gasteiger partial charge >= 0.3 is 0 Å². The third kappa shape index (κ3) is 3.78. The first-order chi connectivity index (χ1) is 21.3. The van der Waals surface area contributed by atoms with Crippen molar-refractivity contribution in [3.05, 3.63) is 163 Å². The fraction of sp³-hybridized carbons (Fsp3) is 0.0476. The number of rotatable bonds is 3. The molecule has 2 atom stereocenters. The summed E-state index contributed by atoms with van der Waals surface area (Å²) < 4.78 is 6.66. The summed E-state index contributed by atoms with van der Waals surface area (Å²) >= 11 is 0. The van der Waals surface area contributed by atoms with Gasteiger partial charge in [0.1, 0.15) is 11.9 Å². The molecular weight excluding hydrogens is 520 g/mol. The van der Waals surface area contributed by atoms with E-state index in [-0.39, 0.29) is 12.0 Å². The van der Waals surface area contributed by atoms with Gasteiger partial charge in [-0.2, -0.15) is 0 Å². The van der Waals surface area contributed by atoms with E-state index < -0.39 is 0 Å². The zero-order valence-electron chi connectivity index (χ0n) is 23.6. The molecule has 0 spiro atoms. The first-order valence-electron chi connectivity index (χ1n) is 15.0. The first-order valence-corrected chi connectivity index (χ1v) is 15.0. The molecule has 1 heteroatoms. The lowest BCUT2D eigenvalue weighted by Crippen LogP contribution is -2.15. The van der Waals surface area contributed by atoms with Gasteiger partial charge in [0, 0.05) is 11.5 Å². The summed E-state index contributed by atoms with van der Waals surface area (Å²) in [5, 5.41) is 7.56. The fourth-order valence-electron chi connectivity index (χ4n) is 7.25. The first kappa shape index (κ1) is 24.2. The Morgan fingerprint density at radius 2 is 1.07 bits per heavy atom. The van der Waals surface area contributed by atoms with Crippen LogP contribution in [0.5, 0.6) is 5.75 Å². The standard InChI is InChI=1S/C42H28O/c1-2-12-27(13-3-1)31-25-37(42-36-20-10-11-21-38(36)43-39(42)26-31)41-34-18-8-6-16-32(34)40(33-17-7-9-19-35(33)41)30-23-22-28-14-4-5-15-29(28)24-30/h1-26,36,38H. The second kappa shape index (κ2) is 9.58. The highest BCUT2D eigenvalue weighted by Gasteiger charge is 2.36. The molecule has 2 unspecified atom stereocenters. The van der Waals surface area contributed by atoms with Crippen LogP contribution < -0.4 is 4.74 Å². The summed E-state index contributed by atoms with van der Waals surface area (Å²) in [5.74, 6) is 1.16. The van der Waals surface area contributed by atoms with Crippen molar-refractivity contribution in [1.29, 1.82) is 0 Å². The zero-order chi connectivity index (χ0) is 28.3. The molecule has 0 radical (unpaired) electrons. The van der Waals surface area contributed by atoms with Crippen molar-refractivity contribution in [3.8, 4) is 39.1 Å². The lowest BCUT2D eigenvalue weighted by molar-refractivity contribution is 0.269. The van der Waals surface area contributed by atoms with Gasteiger partial charge in [-0.25, -0.2) is 0 Å². The van der Waals surface area contributed by atoms with Crippen molar-refractivity contribution in [2.24, 2.45) is 0 Å². The normalized spacial score (nSPS) is 16.8. The lowest BCUT2D eigenvalue weighted by atomic mass is 9.80. The van der Waals surface area contributed by atoms with Gasteiger partial charge in [0.15, 0.2) is 0 Å². The van der Waals surface area contributed by atoms with Gasteiger partial charge in [-0.3, -0.25) is 0 Å². The van der Waals surface area contributed by atoms with Crippen LogP contribution >= 0.6 is 0 Å². The minimum absolute atomic E-state index is 0.0131. The summed E-state index contributed by atoms with van der Waals surface area (Å²) in [6.45, 7) is 0. The molecule has 1 aliphatic carbocycles. The molecular formula is C42H28O. The van der Waals surface area contributed by atoms with Gasteiger partial charge in [0.25, 0.3) is 0 Å². The van der Waals surface area contributed by atoms with Gasteiger partial charge in [-0.05, 0) is 90.0 Å². The maximum atomic E-state index is 6.66. The van der Waals surface area contributed by atoms with E-state index in [0.717, 1.165) is 5.75 Å². The van der Waals surface area contributed by atoms with Gasteiger partial charge in [0.2, 0.25) is 0 Å². The monoisotopic (exact) mass is 548 g/mol.